The summed E-state index contributed by atoms with van der Waals surface area (Å²) in [4.78, 5) is 27.4. The molecule has 124 valence electrons. The first-order chi connectivity index (χ1) is 10.9. The number of halogens is 1. The van der Waals surface area contributed by atoms with Gasteiger partial charge in [-0.1, -0.05) is 22.9 Å². The quantitative estimate of drug-likeness (QED) is 0.732. The summed E-state index contributed by atoms with van der Waals surface area (Å²) in [5.74, 6) is 0.00540. The molecule has 2 aromatic rings. The van der Waals surface area contributed by atoms with Gasteiger partial charge < -0.3 is 10.3 Å². The highest BCUT2D eigenvalue weighted by Crippen LogP contribution is 2.15. The van der Waals surface area contributed by atoms with E-state index in [0.29, 0.717) is 35.1 Å². The van der Waals surface area contributed by atoms with Crippen LogP contribution in [-0.4, -0.2) is 21.5 Å². The third-order valence-electron chi connectivity index (χ3n) is 3.75. The van der Waals surface area contributed by atoms with E-state index < -0.39 is 0 Å². The Morgan fingerprint density at radius 2 is 2.22 bits per heavy atom. The molecule has 1 heterocycles. The summed E-state index contributed by atoms with van der Waals surface area (Å²) in [7, 11) is 0. The molecule has 0 saturated heterocycles. The van der Waals surface area contributed by atoms with Gasteiger partial charge in [-0.2, -0.15) is 0 Å². The Balaban J connectivity index is 2.13. The second-order valence-corrected chi connectivity index (χ2v) is 6.86. The van der Waals surface area contributed by atoms with Crippen molar-refractivity contribution in [1.82, 2.24) is 14.9 Å². The smallest absolute Gasteiger partial charge is 0.262 e. The SMILES string of the molecule is CC[C@@H](C)NC(=O)CCCn1c(=S)[nH]c2ccc(Br)cc2c1=O. The van der Waals surface area contributed by atoms with Crippen molar-refractivity contribution in [3.8, 4) is 0 Å². The summed E-state index contributed by atoms with van der Waals surface area (Å²) >= 11 is 8.63. The molecule has 0 unspecified atom stereocenters. The molecule has 0 spiro atoms. The van der Waals surface area contributed by atoms with E-state index in [0.717, 1.165) is 10.9 Å². The molecule has 1 aromatic heterocycles. The number of aromatic nitrogens is 2. The van der Waals surface area contributed by atoms with E-state index >= 15 is 0 Å². The molecule has 7 heteroatoms. The van der Waals surface area contributed by atoms with Crippen LogP contribution in [-0.2, 0) is 11.3 Å². The molecule has 0 aliphatic carbocycles. The van der Waals surface area contributed by atoms with E-state index in [2.05, 4.69) is 26.2 Å². The summed E-state index contributed by atoms with van der Waals surface area (Å²) in [5.41, 5.74) is 0.585. The largest absolute Gasteiger partial charge is 0.354 e. The minimum atomic E-state index is -0.132. The molecule has 0 fully saturated rings. The van der Waals surface area contributed by atoms with Gasteiger partial charge in [0.2, 0.25) is 5.91 Å². The Hall–Kier alpha value is -1.47. The van der Waals surface area contributed by atoms with Crippen molar-refractivity contribution in [3.63, 3.8) is 0 Å². The fraction of sp³-hybridized carbons (Fsp3) is 0.438. The molecule has 0 aliphatic heterocycles. The first-order valence-corrected chi connectivity index (χ1v) is 8.84. The van der Waals surface area contributed by atoms with Crippen LogP contribution in [0.15, 0.2) is 27.5 Å². The van der Waals surface area contributed by atoms with E-state index in [1.54, 1.807) is 6.07 Å². The lowest BCUT2D eigenvalue weighted by atomic mass is 10.2. The Morgan fingerprint density at radius 3 is 2.91 bits per heavy atom. The van der Waals surface area contributed by atoms with Crippen molar-refractivity contribution in [2.45, 2.75) is 45.7 Å². The molecule has 0 saturated carbocycles. The number of nitrogens with zero attached hydrogens (tertiary/aromatic N) is 1. The molecule has 2 N–H and O–H groups in total. The van der Waals surface area contributed by atoms with E-state index in [9.17, 15) is 9.59 Å². The lowest BCUT2D eigenvalue weighted by molar-refractivity contribution is -0.121. The standard InChI is InChI=1S/C16H20BrN3O2S/c1-3-10(2)18-14(21)5-4-8-20-15(22)12-9-11(17)6-7-13(12)19-16(20)23/h6-7,9-10H,3-5,8H2,1-2H3,(H,18,21)(H,19,23)/t10-/m1/s1. The molecule has 1 atom stereocenters. The fourth-order valence-corrected chi connectivity index (χ4v) is 2.92. The zero-order valence-corrected chi connectivity index (χ0v) is 15.6. The molecule has 0 radical (unpaired) electrons. The van der Waals surface area contributed by atoms with Crippen molar-refractivity contribution in [2.24, 2.45) is 0 Å². The van der Waals surface area contributed by atoms with Gasteiger partial charge in [0.25, 0.3) is 5.56 Å². The highest BCUT2D eigenvalue weighted by molar-refractivity contribution is 9.10. The molecule has 1 aromatic carbocycles. The Bertz CT molecular complexity index is 828. The monoisotopic (exact) mass is 397 g/mol. The second-order valence-electron chi connectivity index (χ2n) is 5.56. The second kappa shape index (κ2) is 7.88. The molecule has 23 heavy (non-hydrogen) atoms. The topological polar surface area (TPSA) is 66.9 Å². The number of fused-ring (bicyclic) bond motifs is 1. The van der Waals surface area contributed by atoms with Crippen LogP contribution < -0.4 is 10.9 Å². The predicted octanol–water partition coefficient (Wildman–Crippen LogP) is 3.52. The minimum absolute atomic E-state index is 0.00540. The number of carbonyl (C=O) groups is 1. The van der Waals surface area contributed by atoms with Crippen molar-refractivity contribution in [2.75, 3.05) is 0 Å². The van der Waals surface area contributed by atoms with Gasteiger partial charge in [-0.15, -0.1) is 0 Å². The van der Waals surface area contributed by atoms with Crippen LogP contribution in [0, 0.1) is 4.77 Å². The van der Waals surface area contributed by atoms with Crippen LogP contribution in [0.25, 0.3) is 10.9 Å². The Labute approximate surface area is 148 Å². The van der Waals surface area contributed by atoms with Gasteiger partial charge in [-0.25, -0.2) is 0 Å². The summed E-state index contributed by atoms with van der Waals surface area (Å²) in [6.07, 6.45) is 1.84. The molecule has 1 amide bonds. The summed E-state index contributed by atoms with van der Waals surface area (Å²) in [6, 6.07) is 5.62. The zero-order chi connectivity index (χ0) is 17.0. The van der Waals surface area contributed by atoms with Gasteiger partial charge in [-0.05, 0) is 50.2 Å². The van der Waals surface area contributed by atoms with Crippen LogP contribution in [0.2, 0.25) is 0 Å². The van der Waals surface area contributed by atoms with E-state index in [-0.39, 0.29) is 17.5 Å². The molecule has 0 aliphatic rings. The third-order valence-corrected chi connectivity index (χ3v) is 4.56. The number of aromatic amines is 1. The van der Waals surface area contributed by atoms with Gasteiger partial charge in [0.15, 0.2) is 4.77 Å². The highest BCUT2D eigenvalue weighted by Gasteiger charge is 2.08. The molecule has 2 rings (SSSR count). The number of amides is 1. The number of hydrogen-bond donors (Lipinski definition) is 2. The lowest BCUT2D eigenvalue weighted by Crippen LogP contribution is -2.32. The van der Waals surface area contributed by atoms with Gasteiger partial charge in [0.1, 0.15) is 0 Å². The highest BCUT2D eigenvalue weighted by atomic mass is 79.9. The van der Waals surface area contributed by atoms with E-state index in [1.165, 1.54) is 4.57 Å². The molecular formula is C16H20BrN3O2S. The first-order valence-electron chi connectivity index (χ1n) is 7.64. The maximum atomic E-state index is 12.6. The van der Waals surface area contributed by atoms with Crippen molar-refractivity contribution >= 4 is 45.0 Å². The molecule has 0 bridgehead atoms. The van der Waals surface area contributed by atoms with Crippen molar-refractivity contribution in [3.05, 3.63) is 37.8 Å². The van der Waals surface area contributed by atoms with E-state index in [4.69, 9.17) is 12.2 Å². The Kier molecular flexibility index (Phi) is 6.12. The summed E-state index contributed by atoms with van der Waals surface area (Å²) < 4.78 is 2.74. The normalized spacial score (nSPS) is 12.3. The van der Waals surface area contributed by atoms with Crippen LogP contribution >= 0.6 is 28.1 Å². The Morgan fingerprint density at radius 1 is 1.48 bits per heavy atom. The number of hydrogen-bond acceptors (Lipinski definition) is 3. The first kappa shape index (κ1) is 17.9. The van der Waals surface area contributed by atoms with E-state index in [1.807, 2.05) is 26.0 Å². The van der Waals surface area contributed by atoms with Crippen LogP contribution in [0.4, 0.5) is 0 Å². The van der Waals surface area contributed by atoms with Crippen LogP contribution in [0.1, 0.15) is 33.1 Å². The maximum Gasteiger partial charge on any atom is 0.262 e. The van der Waals surface area contributed by atoms with Gasteiger partial charge in [0, 0.05) is 23.5 Å². The number of benzene rings is 1. The number of H-pyrrole nitrogens is 1. The summed E-state index contributed by atoms with van der Waals surface area (Å²) in [6.45, 7) is 4.42. The van der Waals surface area contributed by atoms with Crippen LogP contribution in [0.5, 0.6) is 0 Å². The van der Waals surface area contributed by atoms with Crippen molar-refractivity contribution < 1.29 is 4.79 Å². The third kappa shape index (κ3) is 4.51. The maximum absolute atomic E-state index is 12.6. The minimum Gasteiger partial charge on any atom is -0.354 e. The zero-order valence-electron chi connectivity index (χ0n) is 13.2. The number of nitrogens with one attached hydrogen (secondary N) is 2. The van der Waals surface area contributed by atoms with Gasteiger partial charge in [0.05, 0.1) is 10.9 Å². The summed E-state index contributed by atoms with van der Waals surface area (Å²) in [5, 5.41) is 3.50. The predicted molar refractivity (Wildman–Crippen MR) is 98.2 cm³/mol. The fourth-order valence-electron chi connectivity index (χ4n) is 2.27. The average molecular weight is 398 g/mol. The van der Waals surface area contributed by atoms with Crippen LogP contribution in [0.3, 0.4) is 0 Å². The average Bonchev–Trinajstić information content (AvgIpc) is 2.51. The number of rotatable bonds is 6. The van der Waals surface area contributed by atoms with Gasteiger partial charge in [-0.3, -0.25) is 14.2 Å². The molecular weight excluding hydrogens is 378 g/mol. The van der Waals surface area contributed by atoms with Crippen molar-refractivity contribution in [1.29, 1.82) is 0 Å². The molecule has 5 nitrogen and oxygen atoms in total. The lowest BCUT2D eigenvalue weighted by Gasteiger charge is -2.12. The number of carbonyl (C=O) groups excluding carboxylic acids is 1. The van der Waals surface area contributed by atoms with Gasteiger partial charge >= 0.3 is 0 Å².